The molecule has 0 saturated heterocycles. The van der Waals surface area contributed by atoms with Crippen molar-refractivity contribution < 1.29 is 4.79 Å². The zero-order valence-corrected chi connectivity index (χ0v) is 11.3. The van der Waals surface area contributed by atoms with Gasteiger partial charge in [-0.05, 0) is 39.2 Å². The fourth-order valence-electron chi connectivity index (χ4n) is 2.07. The Morgan fingerprint density at radius 2 is 1.56 bits per heavy atom. The third-order valence-corrected chi connectivity index (χ3v) is 3.83. The molecule has 0 bridgehead atoms. The number of carbonyl (C=O) groups is 1. The topological polar surface area (TPSA) is 17.1 Å². The van der Waals surface area contributed by atoms with E-state index >= 15 is 0 Å². The van der Waals surface area contributed by atoms with E-state index in [0.29, 0.717) is 0 Å². The minimum absolute atomic E-state index is 0.102. The number of hydrogen-bond donors (Lipinski definition) is 0. The van der Waals surface area contributed by atoms with Crippen LogP contribution in [0.1, 0.15) is 15.9 Å². The Bertz CT molecular complexity index is 617. The molecule has 0 fully saturated rings. The third-order valence-electron chi connectivity index (χ3n) is 2.74. The van der Waals surface area contributed by atoms with E-state index in [2.05, 4.69) is 31.9 Å². The van der Waals surface area contributed by atoms with Crippen LogP contribution >= 0.6 is 31.9 Å². The van der Waals surface area contributed by atoms with Gasteiger partial charge in [0.05, 0.1) is 0 Å². The van der Waals surface area contributed by atoms with Crippen molar-refractivity contribution in [1.82, 2.24) is 0 Å². The Balaban J connectivity index is 2.42. The number of benzene rings is 2. The van der Waals surface area contributed by atoms with E-state index in [1.165, 1.54) is 0 Å². The molecule has 0 amide bonds. The number of ketones is 1. The average molecular weight is 338 g/mol. The maximum absolute atomic E-state index is 12.2. The lowest BCUT2D eigenvalue weighted by atomic mass is 10.1. The van der Waals surface area contributed by atoms with Gasteiger partial charge in [0.1, 0.15) is 0 Å². The van der Waals surface area contributed by atoms with Crippen molar-refractivity contribution in [2.75, 3.05) is 0 Å². The van der Waals surface area contributed by atoms with Crippen molar-refractivity contribution in [1.29, 1.82) is 0 Å². The summed E-state index contributed by atoms with van der Waals surface area (Å²) in [5.74, 6) is 0.102. The second kappa shape index (κ2) is 3.54. The predicted octanol–water partition coefficient (Wildman–Crippen LogP) is 4.42. The maximum Gasteiger partial charge on any atom is 0.195 e. The van der Waals surface area contributed by atoms with Gasteiger partial charge in [0.25, 0.3) is 0 Å². The van der Waals surface area contributed by atoms with E-state index in [1.807, 2.05) is 36.4 Å². The van der Waals surface area contributed by atoms with Gasteiger partial charge in [0.15, 0.2) is 5.78 Å². The molecular formula is C13H6Br2O. The second-order valence-corrected chi connectivity index (χ2v) is 5.45. The van der Waals surface area contributed by atoms with Crippen LogP contribution in [-0.2, 0) is 0 Å². The van der Waals surface area contributed by atoms with Gasteiger partial charge in [-0.25, -0.2) is 0 Å². The van der Waals surface area contributed by atoms with Crippen LogP contribution in [0.2, 0.25) is 0 Å². The Morgan fingerprint density at radius 1 is 0.875 bits per heavy atom. The van der Waals surface area contributed by atoms with Crippen molar-refractivity contribution in [3.8, 4) is 11.1 Å². The van der Waals surface area contributed by atoms with E-state index in [9.17, 15) is 4.79 Å². The highest BCUT2D eigenvalue weighted by Crippen LogP contribution is 2.41. The van der Waals surface area contributed by atoms with E-state index in [-0.39, 0.29) is 5.78 Å². The quantitative estimate of drug-likeness (QED) is 0.593. The zero-order chi connectivity index (χ0) is 11.3. The van der Waals surface area contributed by atoms with Crippen molar-refractivity contribution in [2.24, 2.45) is 0 Å². The highest BCUT2D eigenvalue weighted by atomic mass is 79.9. The molecule has 2 aromatic rings. The first-order valence-electron chi connectivity index (χ1n) is 4.81. The van der Waals surface area contributed by atoms with Crippen LogP contribution in [0, 0.1) is 0 Å². The molecule has 1 nitrogen and oxygen atoms in total. The summed E-state index contributed by atoms with van der Waals surface area (Å²) >= 11 is 6.89. The molecule has 0 atom stereocenters. The molecule has 0 radical (unpaired) electrons. The van der Waals surface area contributed by atoms with Gasteiger partial charge in [-0.2, -0.15) is 0 Å². The van der Waals surface area contributed by atoms with Crippen molar-refractivity contribution in [2.45, 2.75) is 0 Å². The fourth-order valence-corrected chi connectivity index (χ4v) is 3.47. The summed E-state index contributed by atoms with van der Waals surface area (Å²) in [4.78, 5) is 12.2. The molecular weight excluding hydrogens is 332 g/mol. The van der Waals surface area contributed by atoms with Gasteiger partial charge in [-0.3, -0.25) is 4.79 Å². The molecule has 1 aliphatic carbocycles. The predicted molar refractivity (Wildman–Crippen MR) is 70.7 cm³/mol. The van der Waals surface area contributed by atoms with Gasteiger partial charge in [-0.15, -0.1) is 0 Å². The first-order valence-corrected chi connectivity index (χ1v) is 6.40. The van der Waals surface area contributed by atoms with Crippen LogP contribution in [0.25, 0.3) is 11.1 Å². The average Bonchev–Trinajstić information content (AvgIpc) is 2.54. The molecule has 0 saturated carbocycles. The summed E-state index contributed by atoms with van der Waals surface area (Å²) in [6.45, 7) is 0. The smallest absolute Gasteiger partial charge is 0.195 e. The number of rotatable bonds is 0. The van der Waals surface area contributed by atoms with E-state index in [1.54, 1.807) is 0 Å². The molecule has 16 heavy (non-hydrogen) atoms. The third kappa shape index (κ3) is 1.31. The molecule has 78 valence electrons. The monoisotopic (exact) mass is 336 g/mol. The molecule has 3 heteroatoms. The summed E-state index contributed by atoms with van der Waals surface area (Å²) in [7, 11) is 0. The first-order chi connectivity index (χ1) is 7.68. The summed E-state index contributed by atoms with van der Waals surface area (Å²) in [5.41, 5.74) is 3.58. The Hall–Kier alpha value is -0.930. The summed E-state index contributed by atoms with van der Waals surface area (Å²) in [5, 5.41) is 0. The van der Waals surface area contributed by atoms with Crippen LogP contribution in [0.5, 0.6) is 0 Å². The molecule has 3 rings (SSSR count). The number of fused-ring (bicyclic) bond motifs is 3. The van der Waals surface area contributed by atoms with Crippen molar-refractivity contribution >= 4 is 37.6 Å². The summed E-state index contributed by atoms with van der Waals surface area (Å²) in [6, 6.07) is 11.6. The lowest BCUT2D eigenvalue weighted by Crippen LogP contribution is -1.95. The molecule has 1 aliphatic rings. The normalized spacial score (nSPS) is 12.5. The minimum Gasteiger partial charge on any atom is -0.289 e. The Kier molecular flexibility index (Phi) is 2.26. The van der Waals surface area contributed by atoms with Gasteiger partial charge in [-0.1, -0.05) is 40.2 Å². The fraction of sp³-hybridized carbons (Fsp3) is 0. The second-order valence-electron chi connectivity index (χ2n) is 3.68. The van der Waals surface area contributed by atoms with Crippen molar-refractivity contribution in [3.63, 3.8) is 0 Å². The maximum atomic E-state index is 12.2. The van der Waals surface area contributed by atoms with E-state index in [4.69, 9.17) is 0 Å². The minimum atomic E-state index is 0.102. The molecule has 0 spiro atoms. The number of halogens is 2. The first kappa shape index (κ1) is 10.2. The van der Waals surface area contributed by atoms with Crippen LogP contribution in [-0.4, -0.2) is 5.78 Å². The standard InChI is InChI=1S/C13H6Br2O/c14-7-5-10-8-3-1-2-4-9(8)13(16)12(10)11(15)6-7/h1-6H. The van der Waals surface area contributed by atoms with E-state index < -0.39 is 0 Å². The van der Waals surface area contributed by atoms with Gasteiger partial charge in [0.2, 0.25) is 0 Å². The van der Waals surface area contributed by atoms with Crippen LogP contribution < -0.4 is 0 Å². The Labute approximate surface area is 110 Å². The Morgan fingerprint density at radius 3 is 2.31 bits per heavy atom. The molecule has 0 aromatic heterocycles. The molecule has 0 unspecified atom stereocenters. The lowest BCUT2D eigenvalue weighted by Gasteiger charge is -2.02. The van der Waals surface area contributed by atoms with Crippen LogP contribution in [0.4, 0.5) is 0 Å². The summed E-state index contributed by atoms with van der Waals surface area (Å²) in [6.07, 6.45) is 0. The molecule has 0 heterocycles. The lowest BCUT2D eigenvalue weighted by molar-refractivity contribution is 0.104. The van der Waals surface area contributed by atoms with Gasteiger partial charge in [0, 0.05) is 20.1 Å². The van der Waals surface area contributed by atoms with Crippen LogP contribution in [0.15, 0.2) is 45.3 Å². The van der Waals surface area contributed by atoms with Crippen LogP contribution in [0.3, 0.4) is 0 Å². The van der Waals surface area contributed by atoms with Crippen molar-refractivity contribution in [3.05, 3.63) is 56.5 Å². The highest BCUT2D eigenvalue weighted by molar-refractivity contribution is 9.11. The van der Waals surface area contributed by atoms with Gasteiger partial charge < -0.3 is 0 Å². The SMILES string of the molecule is O=C1c2ccccc2-c2cc(Br)cc(Br)c21. The molecule has 0 aliphatic heterocycles. The van der Waals surface area contributed by atoms with E-state index in [0.717, 1.165) is 31.2 Å². The molecule has 0 N–H and O–H groups in total. The number of carbonyl (C=O) groups excluding carboxylic acids is 1. The zero-order valence-electron chi connectivity index (χ0n) is 8.13. The summed E-state index contributed by atoms with van der Waals surface area (Å²) < 4.78 is 1.82. The largest absolute Gasteiger partial charge is 0.289 e. The highest BCUT2D eigenvalue weighted by Gasteiger charge is 2.28. The number of hydrogen-bond acceptors (Lipinski definition) is 1. The van der Waals surface area contributed by atoms with Gasteiger partial charge >= 0.3 is 0 Å². The molecule has 2 aromatic carbocycles.